The van der Waals surface area contributed by atoms with E-state index in [-0.39, 0.29) is 0 Å². The van der Waals surface area contributed by atoms with Crippen molar-refractivity contribution in [2.75, 3.05) is 0 Å². The number of oxazole rings is 1. The van der Waals surface area contributed by atoms with Crippen molar-refractivity contribution in [3.8, 4) is 22.6 Å². The van der Waals surface area contributed by atoms with Crippen LogP contribution in [0.15, 0.2) is 89.3 Å². The second-order valence-corrected chi connectivity index (χ2v) is 11.8. The summed E-state index contributed by atoms with van der Waals surface area (Å²) < 4.78 is 21.7. The van der Waals surface area contributed by atoms with Crippen LogP contribution >= 0.6 is 11.3 Å². The van der Waals surface area contributed by atoms with Crippen molar-refractivity contribution in [3.63, 3.8) is 0 Å². The topological polar surface area (TPSA) is 44.5 Å². The molecule has 0 saturated carbocycles. The first-order chi connectivity index (χ1) is 17.8. The van der Waals surface area contributed by atoms with E-state index >= 15 is 0 Å². The standard InChI is InChI=1S/C31H26BNO3S/c1-30(2)31(3,4)36-32(35-30)21-17-24(28-25(18-21)34-29(33-28)19-10-6-5-7-11-19)20-14-15-23-22-12-8-9-13-26(22)37-27(23)16-20/h5-18H,1-4H3. The third-order valence-electron chi connectivity index (χ3n) is 7.75. The van der Waals surface area contributed by atoms with Crippen LogP contribution < -0.4 is 5.46 Å². The van der Waals surface area contributed by atoms with Crippen molar-refractivity contribution in [3.05, 3.63) is 84.9 Å². The van der Waals surface area contributed by atoms with Gasteiger partial charge in [-0.15, -0.1) is 11.3 Å². The molecule has 4 nitrogen and oxygen atoms in total. The molecule has 0 radical (unpaired) electrons. The molecule has 7 rings (SSSR count). The third kappa shape index (κ3) is 3.63. The van der Waals surface area contributed by atoms with E-state index in [1.165, 1.54) is 20.2 Å². The quantitative estimate of drug-likeness (QED) is 0.231. The smallest absolute Gasteiger partial charge is 0.436 e. The zero-order valence-electron chi connectivity index (χ0n) is 21.2. The molecule has 6 heteroatoms. The summed E-state index contributed by atoms with van der Waals surface area (Å²) >= 11 is 1.81. The van der Waals surface area contributed by atoms with Crippen LogP contribution in [0, 0.1) is 0 Å². The number of nitrogens with zero attached hydrogens (tertiary/aromatic N) is 1. The van der Waals surface area contributed by atoms with Crippen molar-refractivity contribution < 1.29 is 13.7 Å². The van der Waals surface area contributed by atoms with E-state index in [1.54, 1.807) is 0 Å². The van der Waals surface area contributed by atoms with E-state index in [2.05, 4.69) is 76.2 Å². The third-order valence-corrected chi connectivity index (χ3v) is 8.89. The molecule has 1 aliphatic rings. The lowest BCUT2D eigenvalue weighted by molar-refractivity contribution is 0.00578. The monoisotopic (exact) mass is 503 g/mol. The number of hydrogen-bond donors (Lipinski definition) is 0. The summed E-state index contributed by atoms with van der Waals surface area (Å²) in [5.74, 6) is 0.603. The minimum absolute atomic E-state index is 0.431. The minimum Gasteiger partial charge on any atom is -0.436 e. The molecule has 182 valence electrons. The van der Waals surface area contributed by atoms with Crippen LogP contribution in [-0.4, -0.2) is 23.3 Å². The molecule has 0 unspecified atom stereocenters. The van der Waals surface area contributed by atoms with E-state index in [9.17, 15) is 0 Å². The SMILES string of the molecule is CC1(C)OB(c2cc(-c3ccc4c(c3)sc3ccccc34)c3nc(-c4ccccc4)oc3c2)OC1(C)C. The molecule has 4 aromatic carbocycles. The van der Waals surface area contributed by atoms with Gasteiger partial charge in [-0.1, -0.05) is 54.6 Å². The molecule has 2 aromatic heterocycles. The molecule has 0 amide bonds. The highest BCUT2D eigenvalue weighted by Crippen LogP contribution is 2.40. The largest absolute Gasteiger partial charge is 0.494 e. The van der Waals surface area contributed by atoms with Crippen LogP contribution in [0.2, 0.25) is 0 Å². The molecule has 1 fully saturated rings. The Morgan fingerprint density at radius 3 is 2.19 bits per heavy atom. The molecule has 0 bridgehead atoms. The summed E-state index contributed by atoms with van der Waals surface area (Å²) in [7, 11) is -0.494. The zero-order chi connectivity index (χ0) is 25.4. The summed E-state index contributed by atoms with van der Waals surface area (Å²) in [5.41, 5.74) is 4.66. The van der Waals surface area contributed by atoms with Crippen molar-refractivity contribution >= 4 is 55.2 Å². The van der Waals surface area contributed by atoms with Crippen LogP contribution in [-0.2, 0) is 9.31 Å². The van der Waals surface area contributed by atoms with Gasteiger partial charge in [0.1, 0.15) is 5.52 Å². The maximum atomic E-state index is 6.41. The fourth-order valence-corrected chi connectivity index (χ4v) is 6.13. The molecule has 1 aliphatic heterocycles. The molecule has 0 spiro atoms. The molecule has 0 N–H and O–H groups in total. The second kappa shape index (κ2) is 8.03. The van der Waals surface area contributed by atoms with Gasteiger partial charge in [0.25, 0.3) is 0 Å². The fraction of sp³-hybridized carbons (Fsp3) is 0.194. The van der Waals surface area contributed by atoms with Gasteiger partial charge in [-0.25, -0.2) is 4.98 Å². The lowest BCUT2D eigenvalue weighted by Gasteiger charge is -2.32. The van der Waals surface area contributed by atoms with Crippen LogP contribution in [0.5, 0.6) is 0 Å². The molecule has 1 saturated heterocycles. The number of hydrogen-bond acceptors (Lipinski definition) is 5. The lowest BCUT2D eigenvalue weighted by atomic mass is 9.77. The average molecular weight is 503 g/mol. The maximum absolute atomic E-state index is 6.41. The Bertz CT molecular complexity index is 1790. The van der Waals surface area contributed by atoms with Crippen LogP contribution in [0.4, 0.5) is 0 Å². The van der Waals surface area contributed by atoms with E-state index in [0.29, 0.717) is 5.89 Å². The Balaban J connectivity index is 1.43. The Morgan fingerprint density at radius 2 is 1.41 bits per heavy atom. The number of thiophene rings is 1. The van der Waals surface area contributed by atoms with Crippen molar-refractivity contribution in [1.82, 2.24) is 4.98 Å². The van der Waals surface area contributed by atoms with E-state index < -0.39 is 18.3 Å². The molecule has 37 heavy (non-hydrogen) atoms. The van der Waals surface area contributed by atoms with Crippen molar-refractivity contribution in [2.24, 2.45) is 0 Å². The second-order valence-electron chi connectivity index (χ2n) is 10.7. The van der Waals surface area contributed by atoms with Gasteiger partial charge in [0.2, 0.25) is 5.89 Å². The first kappa shape index (κ1) is 22.7. The summed E-state index contributed by atoms with van der Waals surface area (Å²) in [5, 5.41) is 2.56. The van der Waals surface area contributed by atoms with Crippen molar-refractivity contribution in [2.45, 2.75) is 38.9 Å². The van der Waals surface area contributed by atoms with Gasteiger partial charge in [-0.3, -0.25) is 0 Å². The van der Waals surface area contributed by atoms with Gasteiger partial charge < -0.3 is 13.7 Å². The molecular weight excluding hydrogens is 477 g/mol. The molecule has 0 aliphatic carbocycles. The van der Waals surface area contributed by atoms with Gasteiger partial charge in [0.15, 0.2) is 5.58 Å². The lowest BCUT2D eigenvalue weighted by Crippen LogP contribution is -2.41. The van der Waals surface area contributed by atoms with E-state index in [1.807, 2.05) is 47.7 Å². The number of rotatable bonds is 3. The van der Waals surface area contributed by atoms with Gasteiger partial charge in [-0.2, -0.15) is 0 Å². The Labute approximate surface area is 220 Å². The Morgan fingerprint density at radius 1 is 0.703 bits per heavy atom. The number of fused-ring (bicyclic) bond motifs is 4. The Kier molecular flexibility index (Phi) is 4.93. The highest BCUT2D eigenvalue weighted by Gasteiger charge is 2.52. The summed E-state index contributed by atoms with van der Waals surface area (Å²) in [6.45, 7) is 8.29. The normalized spacial score (nSPS) is 16.8. The van der Waals surface area contributed by atoms with Crippen molar-refractivity contribution in [1.29, 1.82) is 0 Å². The van der Waals surface area contributed by atoms with Gasteiger partial charge >= 0.3 is 7.12 Å². The van der Waals surface area contributed by atoms with Crippen LogP contribution in [0.25, 0.3) is 53.9 Å². The highest BCUT2D eigenvalue weighted by molar-refractivity contribution is 7.25. The predicted octanol–water partition coefficient (Wildman–Crippen LogP) is 7.83. The predicted molar refractivity (Wildman–Crippen MR) is 153 cm³/mol. The van der Waals surface area contributed by atoms with E-state index in [0.717, 1.165) is 33.3 Å². The zero-order valence-corrected chi connectivity index (χ0v) is 22.1. The molecular formula is C31H26BNO3S. The molecule has 0 atom stereocenters. The number of aromatic nitrogens is 1. The number of benzene rings is 4. The van der Waals surface area contributed by atoms with Gasteiger partial charge in [-0.05, 0) is 69.1 Å². The minimum atomic E-state index is -0.494. The first-order valence-electron chi connectivity index (χ1n) is 12.6. The molecule has 3 heterocycles. The first-order valence-corrected chi connectivity index (χ1v) is 13.4. The summed E-state index contributed by atoms with van der Waals surface area (Å²) in [6.07, 6.45) is 0. The Hall–Kier alpha value is -3.45. The van der Waals surface area contributed by atoms with Crippen LogP contribution in [0.3, 0.4) is 0 Å². The van der Waals surface area contributed by atoms with Crippen LogP contribution in [0.1, 0.15) is 27.7 Å². The van der Waals surface area contributed by atoms with E-state index in [4.69, 9.17) is 18.7 Å². The highest BCUT2D eigenvalue weighted by atomic mass is 32.1. The van der Waals surface area contributed by atoms with Gasteiger partial charge in [0, 0.05) is 31.3 Å². The molecule has 6 aromatic rings. The summed E-state index contributed by atoms with van der Waals surface area (Å²) in [4.78, 5) is 4.96. The van der Waals surface area contributed by atoms with Gasteiger partial charge in [0.05, 0.1) is 11.2 Å². The fourth-order valence-electron chi connectivity index (χ4n) is 4.98. The maximum Gasteiger partial charge on any atom is 0.494 e. The average Bonchev–Trinajstić information content (AvgIpc) is 3.54. The summed E-state index contributed by atoms with van der Waals surface area (Å²) in [6, 6.07) is 29.4.